The van der Waals surface area contributed by atoms with Gasteiger partial charge in [0.05, 0.1) is 11.3 Å². The minimum Gasteiger partial charge on any atom is -0.478 e. The van der Waals surface area contributed by atoms with Crippen LogP contribution in [0.3, 0.4) is 0 Å². The van der Waals surface area contributed by atoms with Crippen LogP contribution < -0.4 is 4.90 Å². The van der Waals surface area contributed by atoms with Crippen molar-refractivity contribution in [2.75, 3.05) is 11.4 Å². The number of rotatable bonds is 1. The molecule has 1 heterocycles. The first-order valence-electron chi connectivity index (χ1n) is 7.07. The molecule has 21 heavy (non-hydrogen) atoms. The van der Waals surface area contributed by atoms with Crippen molar-refractivity contribution in [1.82, 2.24) is 0 Å². The number of fused-ring (bicyclic) bond motifs is 1. The molecule has 5 heteroatoms. The zero-order valence-electron chi connectivity index (χ0n) is 12.9. The van der Waals surface area contributed by atoms with Gasteiger partial charge in [0.2, 0.25) is 0 Å². The van der Waals surface area contributed by atoms with Crippen LogP contribution in [0, 0.1) is 6.92 Å². The van der Waals surface area contributed by atoms with E-state index < -0.39 is 17.7 Å². The second kappa shape index (κ2) is 5.39. The number of hydrogen-bond acceptors (Lipinski definition) is 3. The molecule has 0 spiro atoms. The van der Waals surface area contributed by atoms with Crippen LogP contribution in [0.1, 0.15) is 48.7 Å². The Morgan fingerprint density at radius 3 is 2.52 bits per heavy atom. The van der Waals surface area contributed by atoms with E-state index in [-0.39, 0.29) is 5.56 Å². The maximum absolute atomic E-state index is 12.4. The highest BCUT2D eigenvalue weighted by Gasteiger charge is 2.31. The highest BCUT2D eigenvalue weighted by Crippen LogP contribution is 2.34. The minimum atomic E-state index is -1.03. The topological polar surface area (TPSA) is 66.8 Å². The maximum atomic E-state index is 12.4. The molecule has 5 nitrogen and oxygen atoms in total. The lowest BCUT2D eigenvalue weighted by atomic mass is 9.93. The fourth-order valence-corrected chi connectivity index (χ4v) is 2.56. The lowest BCUT2D eigenvalue weighted by Crippen LogP contribution is -2.40. The molecular formula is C16H21NO4. The van der Waals surface area contributed by atoms with Gasteiger partial charge in [-0.25, -0.2) is 9.59 Å². The first-order chi connectivity index (χ1) is 9.70. The Kier molecular flexibility index (Phi) is 3.94. The van der Waals surface area contributed by atoms with E-state index in [9.17, 15) is 14.7 Å². The van der Waals surface area contributed by atoms with Crippen LogP contribution in [0.15, 0.2) is 12.1 Å². The van der Waals surface area contributed by atoms with Gasteiger partial charge in [-0.05, 0) is 57.7 Å². The van der Waals surface area contributed by atoms with Gasteiger partial charge < -0.3 is 9.84 Å². The van der Waals surface area contributed by atoms with Gasteiger partial charge in [-0.2, -0.15) is 0 Å². The Balaban J connectivity index is 2.49. The van der Waals surface area contributed by atoms with Gasteiger partial charge in [0.15, 0.2) is 0 Å². The number of carbonyl (C=O) groups is 2. The molecular weight excluding hydrogens is 270 g/mol. The van der Waals surface area contributed by atoms with E-state index >= 15 is 0 Å². The molecule has 0 saturated carbocycles. The van der Waals surface area contributed by atoms with Gasteiger partial charge in [-0.3, -0.25) is 4.90 Å². The lowest BCUT2D eigenvalue weighted by Gasteiger charge is -2.33. The Bertz CT molecular complexity index is 587. The first-order valence-corrected chi connectivity index (χ1v) is 7.07. The molecule has 0 bridgehead atoms. The second-order valence-corrected chi connectivity index (χ2v) is 6.30. The van der Waals surface area contributed by atoms with Crippen LogP contribution in [-0.2, 0) is 11.2 Å². The monoisotopic (exact) mass is 291 g/mol. The third-order valence-corrected chi connectivity index (χ3v) is 3.44. The summed E-state index contributed by atoms with van der Waals surface area (Å²) in [5.41, 5.74) is 1.96. The fraction of sp³-hybridized carbons (Fsp3) is 0.500. The number of benzene rings is 1. The molecule has 0 aliphatic carbocycles. The van der Waals surface area contributed by atoms with Crippen molar-refractivity contribution in [3.05, 3.63) is 28.8 Å². The van der Waals surface area contributed by atoms with Gasteiger partial charge in [-0.1, -0.05) is 6.07 Å². The van der Waals surface area contributed by atoms with E-state index in [0.717, 1.165) is 24.0 Å². The smallest absolute Gasteiger partial charge is 0.414 e. The normalized spacial score (nSPS) is 14.6. The third-order valence-electron chi connectivity index (χ3n) is 3.44. The number of ether oxygens (including phenoxy) is 1. The van der Waals surface area contributed by atoms with Crippen LogP contribution in [0.25, 0.3) is 0 Å². The average Bonchev–Trinajstić information content (AvgIpc) is 2.36. The Morgan fingerprint density at radius 2 is 1.95 bits per heavy atom. The third kappa shape index (κ3) is 3.17. The number of aryl methyl sites for hydroxylation is 1. The maximum Gasteiger partial charge on any atom is 0.414 e. The van der Waals surface area contributed by atoms with E-state index in [1.165, 1.54) is 4.90 Å². The molecule has 0 radical (unpaired) electrons. The highest BCUT2D eigenvalue weighted by molar-refractivity contribution is 6.01. The van der Waals surface area contributed by atoms with Crippen LogP contribution in [-0.4, -0.2) is 29.3 Å². The summed E-state index contributed by atoms with van der Waals surface area (Å²) in [6, 6.07) is 3.35. The van der Waals surface area contributed by atoms with Gasteiger partial charge in [-0.15, -0.1) is 0 Å². The first kappa shape index (κ1) is 15.4. The number of nitrogens with zero attached hydrogens (tertiary/aromatic N) is 1. The van der Waals surface area contributed by atoms with Crippen LogP contribution in [0.4, 0.5) is 10.5 Å². The van der Waals surface area contributed by atoms with E-state index in [1.54, 1.807) is 32.9 Å². The van der Waals surface area contributed by atoms with Crippen molar-refractivity contribution in [3.8, 4) is 0 Å². The molecule has 0 aromatic heterocycles. The Hall–Kier alpha value is -2.04. The van der Waals surface area contributed by atoms with Crippen LogP contribution >= 0.6 is 0 Å². The molecule has 1 aliphatic heterocycles. The summed E-state index contributed by atoms with van der Waals surface area (Å²) in [7, 11) is 0. The molecule has 1 N–H and O–H groups in total. The number of anilines is 1. The number of amides is 1. The lowest BCUT2D eigenvalue weighted by molar-refractivity contribution is 0.0577. The molecule has 1 aromatic rings. The Morgan fingerprint density at radius 1 is 1.29 bits per heavy atom. The van der Waals surface area contributed by atoms with Gasteiger partial charge >= 0.3 is 12.1 Å². The zero-order chi connectivity index (χ0) is 15.8. The SMILES string of the molecule is Cc1ccc(C(=O)O)c2c1CCCN2C(=O)OC(C)(C)C. The molecule has 1 aromatic carbocycles. The molecule has 114 valence electrons. The van der Waals surface area contributed by atoms with Gasteiger partial charge in [0.25, 0.3) is 0 Å². The molecule has 2 rings (SSSR count). The largest absolute Gasteiger partial charge is 0.478 e. The molecule has 0 atom stereocenters. The molecule has 0 fully saturated rings. The van der Waals surface area contributed by atoms with Gasteiger partial charge in [0, 0.05) is 6.54 Å². The van der Waals surface area contributed by atoms with Crippen molar-refractivity contribution < 1.29 is 19.4 Å². The van der Waals surface area contributed by atoms with Crippen molar-refractivity contribution in [1.29, 1.82) is 0 Å². The number of hydrogen-bond donors (Lipinski definition) is 1. The number of aromatic carboxylic acids is 1. The minimum absolute atomic E-state index is 0.154. The van der Waals surface area contributed by atoms with E-state index in [1.807, 2.05) is 6.92 Å². The summed E-state index contributed by atoms with van der Waals surface area (Å²) >= 11 is 0. The summed E-state index contributed by atoms with van der Waals surface area (Å²) in [4.78, 5) is 25.3. The quantitative estimate of drug-likeness (QED) is 0.861. The van der Waals surface area contributed by atoms with E-state index in [0.29, 0.717) is 12.2 Å². The van der Waals surface area contributed by atoms with Crippen molar-refractivity contribution >= 4 is 17.7 Å². The van der Waals surface area contributed by atoms with Crippen LogP contribution in [0.5, 0.6) is 0 Å². The van der Waals surface area contributed by atoms with Gasteiger partial charge in [0.1, 0.15) is 5.60 Å². The average molecular weight is 291 g/mol. The van der Waals surface area contributed by atoms with Crippen molar-refractivity contribution in [2.45, 2.75) is 46.1 Å². The molecule has 0 unspecified atom stereocenters. The second-order valence-electron chi connectivity index (χ2n) is 6.30. The number of carboxylic acids is 1. The molecule has 1 aliphatic rings. The zero-order valence-corrected chi connectivity index (χ0v) is 12.9. The molecule has 0 saturated heterocycles. The molecule has 1 amide bonds. The van der Waals surface area contributed by atoms with E-state index in [2.05, 4.69) is 0 Å². The van der Waals surface area contributed by atoms with E-state index in [4.69, 9.17) is 4.74 Å². The van der Waals surface area contributed by atoms with Crippen molar-refractivity contribution in [2.24, 2.45) is 0 Å². The van der Waals surface area contributed by atoms with Crippen LogP contribution in [0.2, 0.25) is 0 Å². The highest BCUT2D eigenvalue weighted by atomic mass is 16.6. The number of carboxylic acid groups (broad SMARTS) is 1. The standard InChI is InChI=1S/C16H21NO4/c1-10-7-8-12(14(18)19)13-11(10)6-5-9-17(13)15(20)21-16(2,3)4/h7-8H,5-6,9H2,1-4H3,(H,18,19). The summed E-state index contributed by atoms with van der Waals surface area (Å²) in [5.74, 6) is -1.03. The summed E-state index contributed by atoms with van der Waals surface area (Å²) in [6.45, 7) is 7.80. The summed E-state index contributed by atoms with van der Waals surface area (Å²) < 4.78 is 5.40. The van der Waals surface area contributed by atoms with Crippen molar-refractivity contribution in [3.63, 3.8) is 0 Å². The fourth-order valence-electron chi connectivity index (χ4n) is 2.56. The Labute approximate surface area is 124 Å². The summed E-state index contributed by atoms with van der Waals surface area (Å²) in [5, 5.41) is 9.39. The predicted octanol–water partition coefficient (Wildman–Crippen LogP) is 3.38. The number of carbonyl (C=O) groups excluding carboxylic acids is 1. The predicted molar refractivity (Wildman–Crippen MR) is 80.0 cm³/mol. The summed E-state index contributed by atoms with van der Waals surface area (Å²) in [6.07, 6.45) is 1.09.